The van der Waals surface area contributed by atoms with Gasteiger partial charge in [-0.3, -0.25) is 9.89 Å². The maximum atomic E-state index is 4.90. The summed E-state index contributed by atoms with van der Waals surface area (Å²) in [5.74, 6) is 0. The van der Waals surface area contributed by atoms with Gasteiger partial charge in [-0.2, -0.15) is 0 Å². The van der Waals surface area contributed by atoms with Crippen LogP contribution in [0.2, 0.25) is 0 Å². The Morgan fingerprint density at radius 3 is 3.04 bits per heavy atom. The third-order valence-corrected chi connectivity index (χ3v) is 5.78. The van der Waals surface area contributed by atoms with Crippen molar-refractivity contribution in [1.29, 1.82) is 0 Å². The average Bonchev–Trinajstić information content (AvgIpc) is 3.25. The minimum Gasteiger partial charge on any atom is -0.359 e. The smallest absolute Gasteiger partial charge is 0.178 e. The minimum atomic E-state index is -0.381. The van der Waals surface area contributed by atoms with Crippen LogP contribution in [0.1, 0.15) is 26.2 Å². The van der Waals surface area contributed by atoms with Gasteiger partial charge in [0.2, 0.25) is 0 Å². The van der Waals surface area contributed by atoms with Crippen LogP contribution >= 0.6 is 0 Å². The number of nitrogens with one attached hydrogen (secondary N) is 1. The summed E-state index contributed by atoms with van der Waals surface area (Å²) < 4.78 is 0. The van der Waals surface area contributed by atoms with E-state index in [9.17, 15) is 0 Å². The van der Waals surface area contributed by atoms with Crippen molar-refractivity contribution in [2.24, 2.45) is 4.99 Å². The van der Waals surface area contributed by atoms with Gasteiger partial charge in [0, 0.05) is 36.4 Å². The number of allylic oxidation sites excluding steroid dienone is 3. The zero-order valence-corrected chi connectivity index (χ0v) is 14.7. The van der Waals surface area contributed by atoms with Crippen LogP contribution < -0.4 is 5.32 Å². The van der Waals surface area contributed by atoms with E-state index in [1.54, 1.807) is 0 Å². The molecule has 0 bridgehead atoms. The molecule has 1 spiro atoms. The lowest BCUT2D eigenvalue weighted by Crippen LogP contribution is -2.56. The summed E-state index contributed by atoms with van der Waals surface area (Å²) in [4.78, 5) is 9.79. The van der Waals surface area contributed by atoms with E-state index in [0.29, 0.717) is 0 Å². The lowest BCUT2D eigenvalue weighted by molar-refractivity contribution is 0.333. The predicted octanol–water partition coefficient (Wildman–Crippen LogP) is 3.22. The molecule has 3 heterocycles. The van der Waals surface area contributed by atoms with E-state index >= 15 is 0 Å². The van der Waals surface area contributed by atoms with E-state index in [2.05, 4.69) is 58.6 Å². The maximum Gasteiger partial charge on any atom is 0.178 e. The fourth-order valence-corrected chi connectivity index (χ4v) is 4.42. The Kier molecular flexibility index (Phi) is 3.35. The second-order valence-corrected chi connectivity index (χ2v) is 7.40. The molecule has 3 aliphatic heterocycles. The summed E-state index contributed by atoms with van der Waals surface area (Å²) in [6.45, 7) is 5.70. The maximum absolute atomic E-state index is 4.90. The molecule has 25 heavy (non-hydrogen) atoms. The van der Waals surface area contributed by atoms with E-state index in [0.717, 1.165) is 18.7 Å². The monoisotopic (exact) mass is 332 g/mol. The van der Waals surface area contributed by atoms with Crippen molar-refractivity contribution in [3.8, 4) is 0 Å². The lowest BCUT2D eigenvalue weighted by atomic mass is 9.87. The van der Waals surface area contributed by atoms with Crippen molar-refractivity contribution < 1.29 is 0 Å². The Hall–Kier alpha value is -2.33. The van der Waals surface area contributed by atoms with Gasteiger partial charge in [0.05, 0.1) is 5.71 Å². The van der Waals surface area contributed by atoms with Crippen LogP contribution in [-0.4, -0.2) is 40.8 Å². The molecule has 0 saturated carbocycles. The quantitative estimate of drug-likeness (QED) is 0.842. The first kappa shape index (κ1) is 15.0. The van der Waals surface area contributed by atoms with Gasteiger partial charge < -0.3 is 10.2 Å². The molecule has 0 radical (unpaired) electrons. The summed E-state index contributed by atoms with van der Waals surface area (Å²) in [5, 5.41) is 3.57. The number of fused-ring (bicyclic) bond motifs is 2. The summed E-state index contributed by atoms with van der Waals surface area (Å²) in [6, 6.07) is 0. The van der Waals surface area contributed by atoms with E-state index in [4.69, 9.17) is 4.99 Å². The highest BCUT2D eigenvalue weighted by Gasteiger charge is 2.45. The molecule has 4 heteroatoms. The van der Waals surface area contributed by atoms with Gasteiger partial charge in [0.25, 0.3) is 0 Å². The highest BCUT2D eigenvalue weighted by Crippen LogP contribution is 2.39. The normalized spacial score (nSPS) is 30.3. The fraction of sp³-hybridized carbons (Fsp3) is 0.381. The summed E-state index contributed by atoms with van der Waals surface area (Å²) in [7, 11) is 0. The van der Waals surface area contributed by atoms with Crippen LogP contribution in [0.5, 0.6) is 0 Å². The van der Waals surface area contributed by atoms with Gasteiger partial charge >= 0.3 is 0 Å². The molecule has 1 fully saturated rings. The van der Waals surface area contributed by atoms with Crippen LogP contribution in [0, 0.1) is 0 Å². The molecule has 4 nitrogen and oxygen atoms in total. The van der Waals surface area contributed by atoms with E-state index in [1.807, 2.05) is 12.4 Å². The third-order valence-electron chi connectivity index (χ3n) is 5.78. The van der Waals surface area contributed by atoms with Gasteiger partial charge in [-0.1, -0.05) is 18.2 Å². The first-order valence-electron chi connectivity index (χ1n) is 9.28. The van der Waals surface area contributed by atoms with Crippen molar-refractivity contribution in [2.75, 3.05) is 19.6 Å². The first-order valence-corrected chi connectivity index (χ1v) is 9.28. The molecule has 1 N–H and O–H groups in total. The van der Waals surface area contributed by atoms with E-state index in [1.165, 1.54) is 48.3 Å². The zero-order chi connectivity index (χ0) is 16.9. The first-order chi connectivity index (χ1) is 12.3. The molecule has 0 aromatic rings. The topological polar surface area (TPSA) is 30.9 Å². The summed E-state index contributed by atoms with van der Waals surface area (Å²) in [5.41, 5.74) is 5.86. The van der Waals surface area contributed by atoms with Crippen LogP contribution in [-0.2, 0) is 0 Å². The second kappa shape index (κ2) is 5.60. The highest BCUT2D eigenvalue weighted by molar-refractivity contribution is 6.07. The van der Waals surface area contributed by atoms with E-state index < -0.39 is 0 Å². The predicted molar refractivity (Wildman–Crippen MR) is 102 cm³/mol. The van der Waals surface area contributed by atoms with Gasteiger partial charge in [-0.15, -0.1) is 0 Å². The van der Waals surface area contributed by atoms with Crippen LogP contribution in [0.15, 0.2) is 76.4 Å². The molecular weight excluding hydrogens is 308 g/mol. The minimum absolute atomic E-state index is 0.381. The molecular formula is C21H24N4. The Balaban J connectivity index is 1.56. The van der Waals surface area contributed by atoms with Crippen molar-refractivity contribution in [3.05, 3.63) is 71.4 Å². The Morgan fingerprint density at radius 2 is 2.16 bits per heavy atom. The lowest BCUT2D eigenvalue weighted by Gasteiger charge is -2.41. The van der Waals surface area contributed by atoms with Gasteiger partial charge in [-0.05, 0) is 62.6 Å². The highest BCUT2D eigenvalue weighted by atomic mass is 15.4. The molecule has 0 amide bonds. The van der Waals surface area contributed by atoms with Crippen molar-refractivity contribution in [3.63, 3.8) is 0 Å². The molecule has 5 rings (SSSR count). The Morgan fingerprint density at radius 1 is 1.28 bits per heavy atom. The molecule has 0 aromatic carbocycles. The standard InChI is InChI=1S/C21H24N4/c1-16-13-21-20(12-18(16)15-24-9-4-5-10-24)22-14-17-6-2-3-7-19(17)25(21)11-8-23-21/h2,6-8,11-14,23H,3-5,9-10,15H2,1H3. The number of hydrogen-bond donors (Lipinski definition) is 1. The van der Waals surface area contributed by atoms with Crippen LogP contribution in [0.25, 0.3) is 0 Å². The average molecular weight is 332 g/mol. The van der Waals surface area contributed by atoms with Gasteiger partial charge in [0.1, 0.15) is 0 Å². The van der Waals surface area contributed by atoms with Gasteiger partial charge in [0.15, 0.2) is 5.66 Å². The molecule has 1 atom stereocenters. The number of rotatable bonds is 2. The van der Waals surface area contributed by atoms with Crippen molar-refractivity contribution in [2.45, 2.75) is 31.8 Å². The van der Waals surface area contributed by atoms with E-state index in [-0.39, 0.29) is 5.66 Å². The molecule has 0 aromatic heterocycles. The zero-order valence-electron chi connectivity index (χ0n) is 14.7. The number of aliphatic imine (C=N–C) groups is 1. The SMILES string of the molecule is CC1=CC23NC=CN2C2=CCC=CC2=CN=C3C=C1CN1CCCC1. The summed E-state index contributed by atoms with van der Waals surface area (Å²) in [6.07, 6.45) is 21.2. The third kappa shape index (κ3) is 2.28. The van der Waals surface area contributed by atoms with Gasteiger partial charge in [-0.25, -0.2) is 0 Å². The second-order valence-electron chi connectivity index (χ2n) is 7.40. The molecule has 1 saturated heterocycles. The van der Waals surface area contributed by atoms with Crippen molar-refractivity contribution in [1.82, 2.24) is 15.1 Å². The van der Waals surface area contributed by atoms with Crippen molar-refractivity contribution >= 4 is 5.71 Å². The molecule has 5 aliphatic rings. The number of hydrogen-bond acceptors (Lipinski definition) is 4. The van der Waals surface area contributed by atoms with Crippen LogP contribution in [0.3, 0.4) is 0 Å². The largest absolute Gasteiger partial charge is 0.359 e. The Labute approximate surface area is 149 Å². The molecule has 128 valence electrons. The molecule has 1 unspecified atom stereocenters. The number of nitrogens with zero attached hydrogens (tertiary/aromatic N) is 3. The summed E-state index contributed by atoms with van der Waals surface area (Å²) >= 11 is 0. The Bertz CT molecular complexity index is 815. The fourth-order valence-electron chi connectivity index (χ4n) is 4.42. The number of likely N-dealkylation sites (tertiary alicyclic amines) is 1. The molecule has 2 aliphatic carbocycles. The van der Waals surface area contributed by atoms with Crippen LogP contribution in [0.4, 0.5) is 0 Å².